The number of methoxy groups -OCH3 is 3. The van der Waals surface area contributed by atoms with Crippen molar-refractivity contribution in [1.29, 1.82) is 0 Å². The van der Waals surface area contributed by atoms with E-state index in [0.717, 1.165) is 24.0 Å². The fourth-order valence-corrected chi connectivity index (χ4v) is 6.36. The van der Waals surface area contributed by atoms with Gasteiger partial charge in [-0.15, -0.1) is 0 Å². The SMILES string of the molecule is COc1cc(OC)c(C(=O)C2([P+](=O)C(=O)c3c(C)cccc3C)CCCC2)c(OC)c1. The second kappa shape index (κ2) is 9.19. The van der Waals surface area contributed by atoms with Gasteiger partial charge in [0.1, 0.15) is 22.8 Å². The Hall–Kier alpha value is -2.72. The highest BCUT2D eigenvalue weighted by atomic mass is 31.1. The van der Waals surface area contributed by atoms with Gasteiger partial charge in [-0.2, -0.15) is 0 Å². The molecule has 2 aromatic carbocycles. The van der Waals surface area contributed by atoms with Crippen molar-refractivity contribution in [1.82, 2.24) is 0 Å². The van der Waals surface area contributed by atoms with E-state index in [1.807, 2.05) is 32.0 Å². The van der Waals surface area contributed by atoms with Gasteiger partial charge in [0.05, 0.1) is 26.9 Å². The molecule has 1 aliphatic carbocycles. The van der Waals surface area contributed by atoms with E-state index in [1.165, 1.54) is 21.3 Å². The van der Waals surface area contributed by atoms with Crippen LogP contribution in [-0.4, -0.2) is 37.8 Å². The Balaban J connectivity index is 2.13. The van der Waals surface area contributed by atoms with Gasteiger partial charge in [0, 0.05) is 25.0 Å². The zero-order chi connectivity index (χ0) is 22.8. The normalized spacial score (nSPS) is 15.3. The van der Waals surface area contributed by atoms with Crippen molar-refractivity contribution < 1.29 is 28.4 Å². The molecule has 1 atom stereocenters. The Morgan fingerprint density at radius 3 is 1.84 bits per heavy atom. The van der Waals surface area contributed by atoms with E-state index in [-0.39, 0.29) is 22.8 Å². The summed E-state index contributed by atoms with van der Waals surface area (Å²) in [5.41, 5.74) is 1.69. The fraction of sp³-hybridized carbons (Fsp3) is 0.417. The van der Waals surface area contributed by atoms with Crippen molar-refractivity contribution in [3.05, 3.63) is 52.6 Å². The number of hydrogen-bond donors (Lipinski definition) is 0. The number of hydrogen-bond acceptors (Lipinski definition) is 6. The number of rotatable bonds is 8. The van der Waals surface area contributed by atoms with Gasteiger partial charge in [-0.05, 0) is 37.8 Å². The van der Waals surface area contributed by atoms with E-state index in [4.69, 9.17) is 14.2 Å². The maximum Gasteiger partial charge on any atom is 0.434 e. The van der Waals surface area contributed by atoms with Crippen LogP contribution in [0.3, 0.4) is 0 Å². The van der Waals surface area contributed by atoms with Crippen LogP contribution in [0.1, 0.15) is 57.5 Å². The minimum absolute atomic E-state index is 0.199. The summed E-state index contributed by atoms with van der Waals surface area (Å²) in [5.74, 6) is 0.648. The molecule has 0 N–H and O–H groups in total. The van der Waals surface area contributed by atoms with Crippen LogP contribution in [0.2, 0.25) is 0 Å². The third-order valence-electron chi connectivity index (χ3n) is 6.06. The molecule has 0 radical (unpaired) electrons. The number of carbonyl (C=O) groups excluding carboxylic acids is 2. The summed E-state index contributed by atoms with van der Waals surface area (Å²) in [4.78, 5) is 27.3. The summed E-state index contributed by atoms with van der Waals surface area (Å²) < 4.78 is 30.0. The third-order valence-corrected chi connectivity index (χ3v) is 8.08. The van der Waals surface area contributed by atoms with Gasteiger partial charge in [-0.25, -0.2) is 4.79 Å². The minimum atomic E-state index is -2.53. The Morgan fingerprint density at radius 2 is 1.39 bits per heavy atom. The molecule has 1 unspecified atom stereocenters. The van der Waals surface area contributed by atoms with Crippen LogP contribution < -0.4 is 14.2 Å². The first kappa shape index (κ1) is 23.0. The van der Waals surface area contributed by atoms with Gasteiger partial charge in [-0.3, -0.25) is 4.79 Å². The lowest BCUT2D eigenvalue weighted by Gasteiger charge is -2.20. The summed E-state index contributed by atoms with van der Waals surface area (Å²) in [5, 5.41) is -1.28. The van der Waals surface area contributed by atoms with Gasteiger partial charge in [0.25, 0.3) is 0 Å². The van der Waals surface area contributed by atoms with E-state index in [0.29, 0.717) is 24.2 Å². The first-order chi connectivity index (χ1) is 14.8. The summed E-state index contributed by atoms with van der Waals surface area (Å²) in [7, 11) is 1.89. The van der Waals surface area contributed by atoms with Crippen molar-refractivity contribution in [3.8, 4) is 17.2 Å². The molecule has 1 aliphatic rings. The molecule has 164 valence electrons. The number of carbonyl (C=O) groups is 2. The molecule has 1 saturated carbocycles. The van der Waals surface area contributed by atoms with Crippen LogP contribution in [0.5, 0.6) is 17.2 Å². The number of benzene rings is 2. The van der Waals surface area contributed by atoms with E-state index in [1.54, 1.807) is 12.1 Å². The highest BCUT2D eigenvalue weighted by Gasteiger charge is 2.62. The number of aryl methyl sites for hydroxylation is 2. The molecule has 0 spiro atoms. The summed E-state index contributed by atoms with van der Waals surface area (Å²) >= 11 is 0. The number of ketones is 1. The first-order valence-corrected chi connectivity index (χ1v) is 11.5. The zero-order valence-corrected chi connectivity index (χ0v) is 19.5. The van der Waals surface area contributed by atoms with Crippen LogP contribution in [0.4, 0.5) is 0 Å². The van der Waals surface area contributed by atoms with E-state index in [2.05, 4.69) is 0 Å². The fourth-order valence-electron chi connectivity index (χ4n) is 4.39. The predicted octanol–water partition coefficient (Wildman–Crippen LogP) is 5.49. The Kier molecular flexibility index (Phi) is 6.80. The second-order valence-corrected chi connectivity index (χ2v) is 9.69. The van der Waals surface area contributed by atoms with E-state index < -0.39 is 18.5 Å². The predicted molar refractivity (Wildman–Crippen MR) is 119 cm³/mol. The average molecular weight is 443 g/mol. The second-order valence-electron chi connectivity index (χ2n) is 7.84. The molecule has 0 bridgehead atoms. The molecule has 2 aromatic rings. The van der Waals surface area contributed by atoms with Crippen molar-refractivity contribution in [2.45, 2.75) is 44.7 Å². The first-order valence-electron chi connectivity index (χ1n) is 10.2. The monoisotopic (exact) mass is 443 g/mol. The molecule has 0 aromatic heterocycles. The molecular weight excluding hydrogens is 415 g/mol. The minimum Gasteiger partial charge on any atom is -0.496 e. The highest BCUT2D eigenvalue weighted by Crippen LogP contribution is 2.55. The molecule has 0 amide bonds. The van der Waals surface area contributed by atoms with Crippen LogP contribution in [0.25, 0.3) is 0 Å². The largest absolute Gasteiger partial charge is 0.496 e. The summed E-state index contributed by atoms with van der Waals surface area (Å²) in [6, 6.07) is 8.69. The zero-order valence-electron chi connectivity index (χ0n) is 18.6. The third kappa shape index (κ3) is 3.97. The molecule has 0 heterocycles. The lowest BCUT2D eigenvalue weighted by atomic mass is 9.93. The Morgan fingerprint density at radius 1 is 0.871 bits per heavy atom. The van der Waals surface area contributed by atoms with Gasteiger partial charge < -0.3 is 14.2 Å². The van der Waals surface area contributed by atoms with Gasteiger partial charge in [0.2, 0.25) is 10.9 Å². The highest BCUT2D eigenvalue weighted by molar-refractivity contribution is 7.67. The molecule has 3 rings (SSSR count). The molecule has 6 nitrogen and oxygen atoms in total. The molecule has 31 heavy (non-hydrogen) atoms. The van der Waals surface area contributed by atoms with E-state index >= 15 is 0 Å². The van der Waals surface area contributed by atoms with Gasteiger partial charge >= 0.3 is 13.3 Å². The number of Topliss-reactive ketones (excluding diaryl/α,β-unsaturated/α-hetero) is 1. The lowest BCUT2D eigenvalue weighted by molar-refractivity contribution is 0.0925. The van der Waals surface area contributed by atoms with Crippen LogP contribution in [0.15, 0.2) is 30.3 Å². The Labute approximate surface area is 183 Å². The van der Waals surface area contributed by atoms with Gasteiger partial charge in [0.15, 0.2) is 0 Å². The summed E-state index contributed by atoms with van der Waals surface area (Å²) in [6.45, 7) is 3.64. The van der Waals surface area contributed by atoms with Crippen LogP contribution in [-0.2, 0) is 4.57 Å². The van der Waals surface area contributed by atoms with Crippen molar-refractivity contribution in [2.75, 3.05) is 21.3 Å². The quantitative estimate of drug-likeness (QED) is 0.396. The van der Waals surface area contributed by atoms with Gasteiger partial charge in [-0.1, -0.05) is 22.8 Å². The molecule has 1 fully saturated rings. The van der Waals surface area contributed by atoms with Crippen molar-refractivity contribution >= 4 is 19.1 Å². The Bertz CT molecular complexity index is 991. The standard InChI is InChI=1S/C24H28O6P/c1-15-9-8-10-16(2)20(15)23(26)31(27)24(11-6-7-12-24)22(25)21-18(29-4)13-17(28-3)14-19(21)30-5/h8-10,13-14H,6-7,11-12H2,1-5H3/q+1. The molecule has 0 aliphatic heterocycles. The summed E-state index contributed by atoms with van der Waals surface area (Å²) in [6.07, 6.45) is 2.23. The average Bonchev–Trinajstić information content (AvgIpc) is 3.27. The van der Waals surface area contributed by atoms with Crippen molar-refractivity contribution in [3.63, 3.8) is 0 Å². The number of ether oxygens (including phenoxy) is 3. The van der Waals surface area contributed by atoms with Crippen LogP contribution >= 0.6 is 7.80 Å². The van der Waals surface area contributed by atoms with Crippen molar-refractivity contribution in [2.24, 2.45) is 0 Å². The maximum absolute atomic E-state index is 13.9. The maximum atomic E-state index is 13.9. The molecule has 7 heteroatoms. The van der Waals surface area contributed by atoms with Crippen LogP contribution in [0, 0.1) is 13.8 Å². The lowest BCUT2D eigenvalue weighted by Crippen LogP contribution is -2.34. The molecular formula is C24H28O6P+. The smallest absolute Gasteiger partial charge is 0.434 e. The molecule has 0 saturated heterocycles. The topological polar surface area (TPSA) is 78.9 Å². The van der Waals surface area contributed by atoms with E-state index in [9.17, 15) is 14.2 Å².